The van der Waals surface area contributed by atoms with E-state index in [1.165, 1.54) is 12.1 Å². The number of amidine groups is 1. The molecule has 3 N–H and O–H groups in total. The first-order valence-electron chi connectivity index (χ1n) is 3.86. The van der Waals surface area contributed by atoms with Crippen LogP contribution in [-0.4, -0.2) is 12.2 Å². The van der Waals surface area contributed by atoms with E-state index in [0.717, 1.165) is 6.07 Å². The van der Waals surface area contributed by atoms with Crippen LogP contribution >= 0.6 is 0 Å². The quantitative estimate of drug-likeness (QED) is 0.588. The molecule has 0 spiro atoms. The van der Waals surface area contributed by atoms with E-state index >= 15 is 0 Å². The number of ether oxygens (including phenoxy) is 1. The van der Waals surface area contributed by atoms with E-state index in [9.17, 15) is 13.2 Å². The van der Waals surface area contributed by atoms with Gasteiger partial charge in [-0.15, -0.1) is 13.2 Å². The largest absolute Gasteiger partial charge is 0.573 e. The molecule has 0 aliphatic heterocycles. The van der Waals surface area contributed by atoms with Crippen LogP contribution in [0.5, 0.6) is 5.75 Å². The molecular formula is C9H8F3N2O. The zero-order valence-electron chi connectivity index (χ0n) is 7.56. The fraction of sp³-hybridized carbons (Fsp3) is 0.111. The van der Waals surface area contributed by atoms with Crippen LogP contribution in [0.15, 0.2) is 18.2 Å². The highest BCUT2D eigenvalue weighted by atomic mass is 19.4. The molecule has 0 aliphatic rings. The minimum absolute atomic E-state index is 0.0809. The van der Waals surface area contributed by atoms with Gasteiger partial charge in [0, 0.05) is 5.56 Å². The highest BCUT2D eigenvalue weighted by molar-refractivity contribution is 5.95. The molecule has 1 aromatic carbocycles. The lowest BCUT2D eigenvalue weighted by atomic mass is 10.1. The third-order valence-electron chi connectivity index (χ3n) is 1.60. The van der Waals surface area contributed by atoms with Crippen LogP contribution in [0.4, 0.5) is 13.2 Å². The minimum atomic E-state index is -4.78. The van der Waals surface area contributed by atoms with Gasteiger partial charge < -0.3 is 10.5 Å². The molecule has 0 atom stereocenters. The van der Waals surface area contributed by atoms with Crippen molar-refractivity contribution in [3.8, 4) is 5.75 Å². The molecule has 15 heavy (non-hydrogen) atoms. The Morgan fingerprint density at radius 1 is 1.40 bits per heavy atom. The van der Waals surface area contributed by atoms with E-state index in [1.807, 2.05) is 0 Å². The molecule has 6 heteroatoms. The van der Waals surface area contributed by atoms with Gasteiger partial charge in [0.25, 0.3) is 0 Å². The van der Waals surface area contributed by atoms with Gasteiger partial charge in [-0.25, -0.2) is 0 Å². The fourth-order valence-corrected chi connectivity index (χ4v) is 0.942. The Labute approximate surface area is 84.2 Å². The summed E-state index contributed by atoms with van der Waals surface area (Å²) in [4.78, 5) is 0. The van der Waals surface area contributed by atoms with Crippen molar-refractivity contribution in [2.75, 3.05) is 0 Å². The molecule has 3 nitrogen and oxygen atoms in total. The first kappa shape index (κ1) is 11.4. The van der Waals surface area contributed by atoms with E-state index in [-0.39, 0.29) is 17.0 Å². The summed E-state index contributed by atoms with van der Waals surface area (Å²) in [5, 5.41) is 7.05. The second-order valence-electron chi connectivity index (χ2n) is 2.78. The molecular weight excluding hydrogens is 209 g/mol. The van der Waals surface area contributed by atoms with Gasteiger partial charge in [0.05, 0.1) is 0 Å². The molecule has 0 saturated heterocycles. The second-order valence-corrected chi connectivity index (χ2v) is 2.78. The fourth-order valence-electron chi connectivity index (χ4n) is 0.942. The molecule has 0 bridgehead atoms. The summed E-state index contributed by atoms with van der Waals surface area (Å²) < 4.78 is 39.5. The number of halogens is 3. The maximum absolute atomic E-state index is 11.9. The second kappa shape index (κ2) is 3.80. The minimum Gasteiger partial charge on any atom is -0.405 e. The molecule has 0 aromatic heterocycles. The van der Waals surface area contributed by atoms with Gasteiger partial charge in [0.15, 0.2) is 0 Å². The normalized spacial score (nSPS) is 11.2. The Balaban J connectivity index is 3.06. The predicted molar refractivity (Wildman–Crippen MR) is 48.6 cm³/mol. The lowest BCUT2D eigenvalue weighted by Gasteiger charge is -2.12. The number of nitrogen functional groups attached to an aromatic ring is 1. The molecule has 0 saturated carbocycles. The summed E-state index contributed by atoms with van der Waals surface area (Å²) in [5.41, 5.74) is 5.36. The van der Waals surface area contributed by atoms with Crippen molar-refractivity contribution in [2.45, 2.75) is 6.36 Å². The Bertz CT molecular complexity index is 387. The number of benzene rings is 1. The van der Waals surface area contributed by atoms with Crippen LogP contribution in [0.1, 0.15) is 11.1 Å². The predicted octanol–water partition coefficient (Wildman–Crippen LogP) is 2.05. The maximum Gasteiger partial charge on any atom is 0.573 e. The van der Waals surface area contributed by atoms with Crippen LogP contribution in [0.25, 0.3) is 0 Å². The van der Waals surface area contributed by atoms with Gasteiger partial charge in [-0.1, -0.05) is 12.1 Å². The van der Waals surface area contributed by atoms with Gasteiger partial charge >= 0.3 is 6.36 Å². The molecule has 0 heterocycles. The van der Waals surface area contributed by atoms with Crippen LogP contribution in [-0.2, 0) is 0 Å². The van der Waals surface area contributed by atoms with E-state index in [1.54, 1.807) is 0 Å². The number of alkyl halides is 3. The molecule has 1 aromatic rings. The monoisotopic (exact) mass is 217 g/mol. The number of nitrogens with two attached hydrogens (primary N) is 1. The summed E-state index contributed by atoms with van der Waals surface area (Å²) in [5.74, 6) is -0.780. The van der Waals surface area contributed by atoms with Crippen LogP contribution in [0, 0.1) is 12.3 Å². The molecule has 0 unspecified atom stereocenters. The van der Waals surface area contributed by atoms with Crippen molar-refractivity contribution in [1.82, 2.24) is 0 Å². The summed E-state index contributed by atoms with van der Waals surface area (Å²) in [6, 6.07) is 3.73. The summed E-state index contributed by atoms with van der Waals surface area (Å²) in [6.07, 6.45) is -4.78. The van der Waals surface area contributed by atoms with Crippen LogP contribution < -0.4 is 10.5 Å². The van der Waals surface area contributed by atoms with Crippen LogP contribution in [0.2, 0.25) is 0 Å². The number of hydrogen-bond acceptors (Lipinski definition) is 2. The molecule has 0 aliphatic carbocycles. The number of rotatable bonds is 2. The SMILES string of the molecule is [CH2]c1ccc(C(=N)N)cc1OC(F)(F)F. The summed E-state index contributed by atoms with van der Waals surface area (Å²) in [6.45, 7) is 3.37. The van der Waals surface area contributed by atoms with E-state index in [4.69, 9.17) is 11.1 Å². The average Bonchev–Trinajstić information content (AvgIpc) is 2.06. The topological polar surface area (TPSA) is 59.1 Å². The summed E-state index contributed by atoms with van der Waals surface area (Å²) in [7, 11) is 0. The van der Waals surface area contributed by atoms with Gasteiger partial charge in [-0.2, -0.15) is 0 Å². The lowest BCUT2D eigenvalue weighted by molar-refractivity contribution is -0.274. The molecule has 0 amide bonds. The Morgan fingerprint density at radius 3 is 2.47 bits per heavy atom. The highest BCUT2D eigenvalue weighted by Crippen LogP contribution is 2.26. The van der Waals surface area contributed by atoms with Crippen LogP contribution in [0.3, 0.4) is 0 Å². The van der Waals surface area contributed by atoms with Crippen molar-refractivity contribution in [3.05, 3.63) is 36.2 Å². The zero-order valence-corrected chi connectivity index (χ0v) is 7.56. The van der Waals surface area contributed by atoms with E-state index in [0.29, 0.717) is 0 Å². The zero-order chi connectivity index (χ0) is 11.6. The average molecular weight is 217 g/mol. The van der Waals surface area contributed by atoms with E-state index in [2.05, 4.69) is 11.7 Å². The van der Waals surface area contributed by atoms with Crippen molar-refractivity contribution in [2.24, 2.45) is 5.73 Å². The summed E-state index contributed by atoms with van der Waals surface area (Å²) >= 11 is 0. The van der Waals surface area contributed by atoms with Crippen molar-refractivity contribution >= 4 is 5.84 Å². The van der Waals surface area contributed by atoms with Crippen molar-refractivity contribution in [1.29, 1.82) is 5.41 Å². The van der Waals surface area contributed by atoms with Crippen molar-refractivity contribution < 1.29 is 17.9 Å². The Morgan fingerprint density at radius 2 is 2.00 bits per heavy atom. The number of nitrogens with one attached hydrogen (secondary N) is 1. The lowest BCUT2D eigenvalue weighted by Crippen LogP contribution is -2.18. The molecule has 1 rings (SSSR count). The van der Waals surface area contributed by atoms with Crippen molar-refractivity contribution in [3.63, 3.8) is 0 Å². The smallest absolute Gasteiger partial charge is 0.405 e. The third-order valence-corrected chi connectivity index (χ3v) is 1.60. The molecule has 81 valence electrons. The van der Waals surface area contributed by atoms with Gasteiger partial charge in [0.1, 0.15) is 11.6 Å². The molecule has 0 fully saturated rings. The highest BCUT2D eigenvalue weighted by Gasteiger charge is 2.31. The van der Waals surface area contributed by atoms with Gasteiger partial charge in [-0.3, -0.25) is 5.41 Å². The standard InChI is InChI=1S/C9H8F3N2O/c1-5-2-3-6(8(13)14)4-7(5)15-9(10,11)12/h2-4H,1H2,(H3,13,14). The first-order chi connectivity index (χ1) is 6.79. The Hall–Kier alpha value is -1.72. The maximum atomic E-state index is 11.9. The first-order valence-corrected chi connectivity index (χ1v) is 3.86. The van der Waals surface area contributed by atoms with Gasteiger partial charge in [0.2, 0.25) is 0 Å². The molecule has 1 radical (unpaired) electrons. The number of hydrogen-bond donors (Lipinski definition) is 2. The third kappa shape index (κ3) is 3.16. The van der Waals surface area contributed by atoms with E-state index < -0.39 is 12.1 Å². The van der Waals surface area contributed by atoms with Gasteiger partial charge in [-0.05, 0) is 18.6 Å². The Kier molecular flexibility index (Phi) is 2.88.